The first kappa shape index (κ1) is 23.5. The smallest absolute Gasteiger partial charge is 0.381 e. The number of sulfone groups is 1. The summed E-state index contributed by atoms with van der Waals surface area (Å²) in [5, 5.41) is 6.18. The molecule has 0 radical (unpaired) electrons. The summed E-state index contributed by atoms with van der Waals surface area (Å²) < 4.78 is 66.9. The van der Waals surface area contributed by atoms with E-state index in [0.717, 1.165) is 17.7 Å². The van der Waals surface area contributed by atoms with Crippen molar-refractivity contribution >= 4 is 15.8 Å². The van der Waals surface area contributed by atoms with E-state index in [0.29, 0.717) is 51.5 Å². The zero-order chi connectivity index (χ0) is 21.5. The molecule has 1 aromatic carbocycles. The average molecular weight is 436 g/mol. The van der Waals surface area contributed by atoms with Crippen LogP contribution >= 0.6 is 0 Å². The Labute approximate surface area is 169 Å². The summed E-state index contributed by atoms with van der Waals surface area (Å²) in [6, 6.07) is 5.04. The van der Waals surface area contributed by atoms with Crippen molar-refractivity contribution in [2.45, 2.75) is 37.1 Å². The molecule has 0 saturated carbocycles. The number of nitrogens with one attached hydrogen (secondary N) is 2. The molecule has 0 bridgehead atoms. The highest BCUT2D eigenvalue weighted by Crippen LogP contribution is 2.30. The largest absolute Gasteiger partial charge is 0.416 e. The standard InChI is InChI=1S/C19H28F3N3O3S/c1-3-23-17(25-14-18(29(2,26)27)9-12-28-13-10-18)24-11-8-15-4-6-16(7-5-15)19(20,21)22/h4-7H,3,8-14H2,1-2H3,(H2,23,24,25). The lowest BCUT2D eigenvalue weighted by atomic mass is 9.99. The fraction of sp³-hybridized carbons (Fsp3) is 0.632. The van der Waals surface area contributed by atoms with Crippen molar-refractivity contribution in [1.29, 1.82) is 0 Å². The predicted molar refractivity (Wildman–Crippen MR) is 107 cm³/mol. The van der Waals surface area contributed by atoms with Gasteiger partial charge in [-0.1, -0.05) is 12.1 Å². The fourth-order valence-corrected chi connectivity index (χ4v) is 4.35. The molecule has 0 atom stereocenters. The van der Waals surface area contributed by atoms with Gasteiger partial charge in [0.1, 0.15) is 0 Å². The Hall–Kier alpha value is -1.81. The molecule has 0 amide bonds. The Balaban J connectivity index is 1.98. The maximum Gasteiger partial charge on any atom is 0.416 e. The molecule has 1 aliphatic rings. The number of hydrogen-bond donors (Lipinski definition) is 2. The maximum absolute atomic E-state index is 12.6. The third-order valence-corrected chi connectivity index (χ3v) is 7.16. The number of aliphatic imine (C=N–C) groups is 1. The summed E-state index contributed by atoms with van der Waals surface area (Å²) in [4.78, 5) is 4.46. The molecule has 0 aromatic heterocycles. The molecular weight excluding hydrogens is 407 g/mol. The van der Waals surface area contributed by atoms with Gasteiger partial charge in [-0.15, -0.1) is 0 Å². The van der Waals surface area contributed by atoms with Crippen LogP contribution in [0.25, 0.3) is 0 Å². The molecule has 10 heteroatoms. The number of halogens is 3. The summed E-state index contributed by atoms with van der Waals surface area (Å²) in [6.45, 7) is 3.85. The molecule has 0 spiro atoms. The number of alkyl halides is 3. The van der Waals surface area contributed by atoms with Crippen LogP contribution in [0.1, 0.15) is 30.9 Å². The third-order valence-electron chi connectivity index (χ3n) is 5.05. The van der Waals surface area contributed by atoms with E-state index in [1.54, 1.807) is 0 Å². The van der Waals surface area contributed by atoms with E-state index < -0.39 is 26.3 Å². The molecular formula is C19H28F3N3O3S. The minimum atomic E-state index is -4.35. The SMILES string of the molecule is CCNC(=NCC1(S(C)(=O)=O)CCOCC1)NCCc1ccc(C(F)(F)F)cc1. The molecule has 0 unspecified atom stereocenters. The van der Waals surface area contributed by atoms with Gasteiger partial charge in [0, 0.05) is 32.6 Å². The quantitative estimate of drug-likeness (QED) is 0.508. The van der Waals surface area contributed by atoms with Crippen LogP contribution in [0, 0.1) is 0 Å². The molecule has 1 aliphatic heterocycles. The topological polar surface area (TPSA) is 79.8 Å². The molecule has 1 aromatic rings. The number of benzene rings is 1. The van der Waals surface area contributed by atoms with Gasteiger partial charge >= 0.3 is 6.18 Å². The lowest BCUT2D eigenvalue weighted by Gasteiger charge is -2.34. The van der Waals surface area contributed by atoms with Crippen molar-refractivity contribution in [3.8, 4) is 0 Å². The first-order valence-corrected chi connectivity index (χ1v) is 11.4. The van der Waals surface area contributed by atoms with Gasteiger partial charge in [-0.3, -0.25) is 4.99 Å². The highest BCUT2D eigenvalue weighted by Gasteiger charge is 2.42. The van der Waals surface area contributed by atoms with E-state index in [9.17, 15) is 21.6 Å². The number of guanidine groups is 1. The van der Waals surface area contributed by atoms with Crippen LogP contribution in [0.4, 0.5) is 13.2 Å². The summed E-state index contributed by atoms with van der Waals surface area (Å²) in [7, 11) is -3.31. The summed E-state index contributed by atoms with van der Waals surface area (Å²) in [5.41, 5.74) is 0.0880. The van der Waals surface area contributed by atoms with Crippen LogP contribution < -0.4 is 10.6 Å². The summed E-state index contributed by atoms with van der Waals surface area (Å²) in [6.07, 6.45) is -1.80. The number of hydrogen-bond acceptors (Lipinski definition) is 4. The fourth-order valence-electron chi connectivity index (χ4n) is 3.14. The van der Waals surface area contributed by atoms with Gasteiger partial charge in [0.05, 0.1) is 16.9 Å². The van der Waals surface area contributed by atoms with Gasteiger partial charge in [-0.2, -0.15) is 13.2 Å². The van der Waals surface area contributed by atoms with Crippen molar-refractivity contribution in [1.82, 2.24) is 10.6 Å². The first-order chi connectivity index (χ1) is 13.6. The van der Waals surface area contributed by atoms with Crippen molar-refractivity contribution in [2.24, 2.45) is 4.99 Å². The Morgan fingerprint density at radius 3 is 2.31 bits per heavy atom. The van der Waals surface area contributed by atoms with Crippen molar-refractivity contribution in [3.05, 3.63) is 35.4 Å². The van der Waals surface area contributed by atoms with Crippen molar-refractivity contribution in [3.63, 3.8) is 0 Å². The summed E-state index contributed by atoms with van der Waals surface area (Å²) >= 11 is 0. The van der Waals surface area contributed by atoms with Gasteiger partial charge < -0.3 is 15.4 Å². The molecule has 6 nitrogen and oxygen atoms in total. The molecule has 164 valence electrons. The highest BCUT2D eigenvalue weighted by atomic mass is 32.2. The minimum Gasteiger partial charge on any atom is -0.381 e. The maximum atomic E-state index is 12.6. The van der Waals surface area contributed by atoms with Crippen LogP contribution in [-0.2, 0) is 27.2 Å². The normalized spacial score (nSPS) is 17.8. The van der Waals surface area contributed by atoms with E-state index in [1.165, 1.54) is 18.4 Å². The Bertz CT molecular complexity index is 787. The molecule has 0 aliphatic carbocycles. The molecule has 29 heavy (non-hydrogen) atoms. The molecule has 1 saturated heterocycles. The van der Waals surface area contributed by atoms with Crippen LogP contribution in [-0.4, -0.2) is 58.2 Å². The van der Waals surface area contributed by atoms with E-state index in [-0.39, 0.29) is 6.54 Å². The second-order valence-electron chi connectivity index (χ2n) is 7.13. The zero-order valence-corrected chi connectivity index (χ0v) is 17.5. The Kier molecular flexibility index (Phi) is 7.93. The zero-order valence-electron chi connectivity index (χ0n) is 16.7. The summed E-state index contributed by atoms with van der Waals surface area (Å²) in [5.74, 6) is 0.480. The number of ether oxygens (including phenoxy) is 1. The van der Waals surface area contributed by atoms with E-state index in [1.807, 2.05) is 6.92 Å². The first-order valence-electron chi connectivity index (χ1n) is 9.53. The second kappa shape index (κ2) is 9.80. The van der Waals surface area contributed by atoms with E-state index in [4.69, 9.17) is 4.74 Å². The molecule has 1 fully saturated rings. The molecule has 1 heterocycles. The van der Waals surface area contributed by atoms with Crippen LogP contribution in [0.15, 0.2) is 29.3 Å². The predicted octanol–water partition coefficient (Wildman–Crippen LogP) is 2.40. The minimum absolute atomic E-state index is 0.130. The van der Waals surface area contributed by atoms with Gasteiger partial charge in [0.15, 0.2) is 15.8 Å². The molecule has 2 rings (SSSR count). The molecule has 2 N–H and O–H groups in total. The van der Waals surface area contributed by atoms with Gasteiger partial charge in [-0.25, -0.2) is 8.42 Å². The van der Waals surface area contributed by atoms with E-state index >= 15 is 0 Å². The Morgan fingerprint density at radius 1 is 1.17 bits per heavy atom. The van der Waals surface area contributed by atoms with Crippen LogP contribution in [0.2, 0.25) is 0 Å². The average Bonchev–Trinajstić information content (AvgIpc) is 2.66. The second-order valence-corrected chi connectivity index (χ2v) is 9.54. The van der Waals surface area contributed by atoms with Crippen LogP contribution in [0.3, 0.4) is 0 Å². The Morgan fingerprint density at radius 2 is 1.79 bits per heavy atom. The highest BCUT2D eigenvalue weighted by molar-refractivity contribution is 7.92. The van der Waals surface area contributed by atoms with E-state index in [2.05, 4.69) is 15.6 Å². The monoisotopic (exact) mass is 435 g/mol. The van der Waals surface area contributed by atoms with Gasteiger partial charge in [-0.05, 0) is 43.9 Å². The van der Waals surface area contributed by atoms with Crippen molar-refractivity contribution < 1.29 is 26.3 Å². The van der Waals surface area contributed by atoms with Gasteiger partial charge in [0.2, 0.25) is 0 Å². The van der Waals surface area contributed by atoms with Crippen molar-refractivity contribution in [2.75, 3.05) is 39.1 Å². The number of rotatable bonds is 7. The number of nitrogens with zero attached hydrogens (tertiary/aromatic N) is 1. The lowest BCUT2D eigenvalue weighted by molar-refractivity contribution is -0.137. The lowest BCUT2D eigenvalue weighted by Crippen LogP contribution is -2.47. The van der Waals surface area contributed by atoms with Crippen LogP contribution in [0.5, 0.6) is 0 Å². The third kappa shape index (κ3) is 6.60. The van der Waals surface area contributed by atoms with Gasteiger partial charge in [0.25, 0.3) is 0 Å².